The van der Waals surface area contributed by atoms with Crippen molar-refractivity contribution in [2.45, 2.75) is 39.0 Å². The van der Waals surface area contributed by atoms with Gasteiger partial charge in [0.25, 0.3) is 0 Å². The fourth-order valence-electron chi connectivity index (χ4n) is 1.57. The Hall–Kier alpha value is -0.580. The van der Waals surface area contributed by atoms with Crippen LogP contribution in [-0.2, 0) is 4.79 Å². The van der Waals surface area contributed by atoms with Gasteiger partial charge in [-0.2, -0.15) is 0 Å². The van der Waals surface area contributed by atoms with Crippen LogP contribution in [0, 0.1) is 6.92 Å². The van der Waals surface area contributed by atoms with E-state index >= 15 is 0 Å². The number of carbonyl (C=O) groups excluding carboxylic acids is 1. The van der Waals surface area contributed by atoms with Crippen molar-refractivity contribution in [2.24, 2.45) is 5.84 Å². The van der Waals surface area contributed by atoms with Crippen molar-refractivity contribution in [3.63, 3.8) is 0 Å². The molecule has 0 aromatic carbocycles. The number of carbonyl (C=O) groups is 1. The molecule has 16 heavy (non-hydrogen) atoms. The van der Waals surface area contributed by atoms with E-state index in [1.54, 1.807) is 0 Å². The summed E-state index contributed by atoms with van der Waals surface area (Å²) in [5.41, 5.74) is 3.24. The molecule has 1 atom stereocenters. The van der Waals surface area contributed by atoms with Gasteiger partial charge in [-0.1, -0.05) is 31.4 Å². The third-order valence-corrected chi connectivity index (χ3v) is 4.37. The van der Waals surface area contributed by atoms with Crippen molar-refractivity contribution in [3.8, 4) is 0 Å². The first kappa shape index (κ1) is 13.5. The number of halogens is 1. The number of hydrogen-bond donors (Lipinski definition) is 2. The number of thiophene rings is 1. The Morgan fingerprint density at radius 3 is 2.81 bits per heavy atom. The zero-order chi connectivity index (χ0) is 12.1. The van der Waals surface area contributed by atoms with Crippen LogP contribution >= 0.6 is 22.9 Å². The largest absolute Gasteiger partial charge is 0.294 e. The lowest BCUT2D eigenvalue weighted by Gasteiger charge is -2.13. The SMILES string of the molecule is CCCCC(C(=O)NN)c1scc(C)c1Cl. The molecule has 0 saturated carbocycles. The van der Waals surface area contributed by atoms with Gasteiger partial charge in [-0.05, 0) is 24.3 Å². The van der Waals surface area contributed by atoms with Crippen molar-refractivity contribution < 1.29 is 4.79 Å². The van der Waals surface area contributed by atoms with Crippen molar-refractivity contribution in [2.75, 3.05) is 0 Å². The lowest BCUT2D eigenvalue weighted by atomic mass is 9.99. The molecule has 1 aromatic heterocycles. The molecule has 1 heterocycles. The summed E-state index contributed by atoms with van der Waals surface area (Å²) in [6.07, 6.45) is 2.83. The highest BCUT2D eigenvalue weighted by molar-refractivity contribution is 7.11. The Morgan fingerprint density at radius 1 is 1.69 bits per heavy atom. The molecule has 0 bridgehead atoms. The fraction of sp³-hybridized carbons (Fsp3) is 0.545. The third-order valence-electron chi connectivity index (χ3n) is 2.55. The predicted octanol–water partition coefficient (Wildman–Crippen LogP) is 2.97. The van der Waals surface area contributed by atoms with Gasteiger partial charge >= 0.3 is 0 Å². The van der Waals surface area contributed by atoms with Gasteiger partial charge in [0.1, 0.15) is 0 Å². The minimum Gasteiger partial charge on any atom is -0.294 e. The average Bonchev–Trinajstić information content (AvgIpc) is 2.61. The van der Waals surface area contributed by atoms with Gasteiger partial charge in [-0.3, -0.25) is 10.2 Å². The van der Waals surface area contributed by atoms with E-state index in [9.17, 15) is 4.79 Å². The number of aryl methyl sites for hydroxylation is 1. The minimum atomic E-state index is -0.212. The molecule has 0 fully saturated rings. The van der Waals surface area contributed by atoms with Gasteiger partial charge in [-0.25, -0.2) is 5.84 Å². The van der Waals surface area contributed by atoms with Gasteiger partial charge in [0, 0.05) is 4.88 Å². The lowest BCUT2D eigenvalue weighted by molar-refractivity contribution is -0.122. The van der Waals surface area contributed by atoms with E-state index in [0.717, 1.165) is 29.7 Å². The van der Waals surface area contributed by atoms with E-state index in [1.807, 2.05) is 12.3 Å². The van der Waals surface area contributed by atoms with Crippen molar-refractivity contribution in [1.82, 2.24) is 5.43 Å². The van der Waals surface area contributed by atoms with Gasteiger partial charge in [0.15, 0.2) is 0 Å². The molecule has 3 N–H and O–H groups in total. The molecule has 3 nitrogen and oxygen atoms in total. The number of rotatable bonds is 5. The van der Waals surface area contributed by atoms with Crippen molar-refractivity contribution in [3.05, 3.63) is 20.8 Å². The summed E-state index contributed by atoms with van der Waals surface area (Å²) in [4.78, 5) is 12.6. The van der Waals surface area contributed by atoms with Crippen molar-refractivity contribution >= 4 is 28.8 Å². The molecule has 5 heteroatoms. The summed E-state index contributed by atoms with van der Waals surface area (Å²) >= 11 is 7.70. The van der Waals surface area contributed by atoms with E-state index < -0.39 is 0 Å². The van der Waals surface area contributed by atoms with Crippen LogP contribution < -0.4 is 11.3 Å². The summed E-state index contributed by atoms with van der Waals surface area (Å²) in [6.45, 7) is 4.04. The maximum Gasteiger partial charge on any atom is 0.242 e. The molecule has 0 aliphatic rings. The molecule has 0 saturated heterocycles. The van der Waals surface area contributed by atoms with E-state index in [-0.39, 0.29) is 11.8 Å². The molecular formula is C11H17ClN2OS. The van der Waals surface area contributed by atoms with Crippen LogP contribution in [-0.4, -0.2) is 5.91 Å². The number of unbranched alkanes of at least 4 members (excludes halogenated alkanes) is 1. The number of hydrazine groups is 1. The molecule has 0 radical (unpaired) electrons. The van der Waals surface area contributed by atoms with Crippen LogP contribution in [0.5, 0.6) is 0 Å². The summed E-state index contributed by atoms with van der Waals surface area (Å²) in [6, 6.07) is 0. The van der Waals surface area contributed by atoms with Gasteiger partial charge in [0.05, 0.1) is 10.9 Å². The van der Waals surface area contributed by atoms with Crippen LogP contribution in [0.15, 0.2) is 5.38 Å². The van der Waals surface area contributed by atoms with E-state index in [4.69, 9.17) is 17.4 Å². The molecule has 0 aliphatic carbocycles. The smallest absolute Gasteiger partial charge is 0.242 e. The van der Waals surface area contributed by atoms with Crippen LogP contribution in [0.2, 0.25) is 5.02 Å². The molecular weight excluding hydrogens is 244 g/mol. The van der Waals surface area contributed by atoms with Crippen LogP contribution in [0.3, 0.4) is 0 Å². The normalized spacial score (nSPS) is 12.5. The number of hydrogen-bond acceptors (Lipinski definition) is 3. The third kappa shape index (κ3) is 2.97. The second-order valence-corrected chi connectivity index (χ2v) is 5.09. The number of amides is 1. The highest BCUT2D eigenvalue weighted by Gasteiger charge is 2.24. The Balaban J connectivity index is 2.91. The van der Waals surface area contributed by atoms with E-state index in [1.165, 1.54) is 11.3 Å². The standard InChI is InChI=1S/C11H17ClN2OS/c1-3-4-5-8(11(15)14-13)10-9(12)7(2)6-16-10/h6,8H,3-5,13H2,1-2H3,(H,14,15). The summed E-state index contributed by atoms with van der Waals surface area (Å²) in [5, 5.41) is 2.68. The van der Waals surface area contributed by atoms with Gasteiger partial charge in [0.2, 0.25) is 5.91 Å². The second kappa shape index (κ2) is 6.23. The quantitative estimate of drug-likeness (QED) is 0.486. The molecule has 1 amide bonds. The highest BCUT2D eigenvalue weighted by atomic mass is 35.5. The van der Waals surface area contributed by atoms with Crippen LogP contribution in [0.25, 0.3) is 0 Å². The van der Waals surface area contributed by atoms with Gasteiger partial charge < -0.3 is 0 Å². The molecule has 90 valence electrons. The molecule has 1 rings (SSSR count). The molecule has 0 aliphatic heterocycles. The van der Waals surface area contributed by atoms with Crippen molar-refractivity contribution in [1.29, 1.82) is 0 Å². The summed E-state index contributed by atoms with van der Waals surface area (Å²) < 4.78 is 0. The molecule has 1 unspecified atom stereocenters. The maximum absolute atomic E-state index is 11.7. The first-order valence-electron chi connectivity index (χ1n) is 5.35. The zero-order valence-corrected chi connectivity index (χ0v) is 11.1. The monoisotopic (exact) mass is 260 g/mol. The van der Waals surface area contributed by atoms with E-state index in [2.05, 4.69) is 12.3 Å². The minimum absolute atomic E-state index is 0.155. The van der Waals surface area contributed by atoms with Crippen LogP contribution in [0.4, 0.5) is 0 Å². The maximum atomic E-state index is 11.7. The number of nitrogens with one attached hydrogen (secondary N) is 1. The Bertz CT molecular complexity index is 365. The predicted molar refractivity (Wildman–Crippen MR) is 68.7 cm³/mol. The average molecular weight is 261 g/mol. The Morgan fingerprint density at radius 2 is 2.38 bits per heavy atom. The van der Waals surface area contributed by atoms with Gasteiger partial charge in [-0.15, -0.1) is 11.3 Å². The number of nitrogens with two attached hydrogens (primary N) is 1. The topological polar surface area (TPSA) is 55.1 Å². The first-order chi connectivity index (χ1) is 7.61. The highest BCUT2D eigenvalue weighted by Crippen LogP contribution is 2.36. The summed E-state index contributed by atoms with van der Waals surface area (Å²) in [5.74, 6) is 4.83. The summed E-state index contributed by atoms with van der Waals surface area (Å²) in [7, 11) is 0. The zero-order valence-electron chi connectivity index (χ0n) is 9.55. The molecule has 0 spiro atoms. The molecule has 1 aromatic rings. The van der Waals surface area contributed by atoms with Crippen LogP contribution in [0.1, 0.15) is 42.5 Å². The Labute approximate surface area is 105 Å². The first-order valence-corrected chi connectivity index (χ1v) is 6.61. The Kier molecular flexibility index (Phi) is 5.25. The van der Waals surface area contributed by atoms with E-state index in [0.29, 0.717) is 5.02 Å². The second-order valence-electron chi connectivity index (χ2n) is 3.80. The fourth-order valence-corrected chi connectivity index (χ4v) is 3.03. The lowest BCUT2D eigenvalue weighted by Crippen LogP contribution is -2.34.